The van der Waals surface area contributed by atoms with Gasteiger partial charge in [0.15, 0.2) is 11.5 Å². The van der Waals surface area contributed by atoms with Gasteiger partial charge in [0, 0.05) is 17.7 Å². The molecule has 0 heterocycles. The summed E-state index contributed by atoms with van der Waals surface area (Å²) >= 11 is 0. The number of nitrogens with two attached hydrogens (primary N) is 1. The van der Waals surface area contributed by atoms with Crippen molar-refractivity contribution < 1.29 is 13.9 Å². The Kier molecular flexibility index (Phi) is 8.13. The van der Waals surface area contributed by atoms with Crippen molar-refractivity contribution in [2.75, 3.05) is 14.2 Å². The van der Waals surface area contributed by atoms with Crippen molar-refractivity contribution in [1.29, 1.82) is 0 Å². The average Bonchev–Trinajstić information content (AvgIpc) is 2.50. The topological polar surface area (TPSA) is 44.5 Å². The minimum atomic E-state index is -0.328. The van der Waals surface area contributed by atoms with E-state index in [1.165, 1.54) is 38.9 Å². The van der Waals surface area contributed by atoms with Gasteiger partial charge in [-0.15, -0.1) is 0 Å². The van der Waals surface area contributed by atoms with Gasteiger partial charge in [-0.3, -0.25) is 0 Å². The quantitative estimate of drug-likeness (QED) is 0.642. The summed E-state index contributed by atoms with van der Waals surface area (Å²) in [5.74, 6) is 0.587. The van der Waals surface area contributed by atoms with Gasteiger partial charge >= 0.3 is 0 Å². The van der Waals surface area contributed by atoms with Crippen LogP contribution in [0.3, 0.4) is 0 Å². The molecular formula is C17H28FNO2. The van der Waals surface area contributed by atoms with E-state index in [1.807, 2.05) is 0 Å². The number of unbranched alkanes of at least 4 members (excludes halogenated alkanes) is 5. The predicted molar refractivity (Wildman–Crippen MR) is 84.4 cm³/mol. The maximum absolute atomic E-state index is 14.1. The van der Waals surface area contributed by atoms with E-state index < -0.39 is 0 Å². The lowest BCUT2D eigenvalue weighted by Gasteiger charge is -2.16. The smallest absolute Gasteiger partial charge is 0.163 e. The van der Waals surface area contributed by atoms with Crippen LogP contribution in [-0.4, -0.2) is 14.2 Å². The van der Waals surface area contributed by atoms with Crippen LogP contribution in [0.1, 0.15) is 63.5 Å². The fourth-order valence-corrected chi connectivity index (χ4v) is 2.45. The van der Waals surface area contributed by atoms with Crippen molar-refractivity contribution in [3.63, 3.8) is 0 Å². The normalized spacial score (nSPS) is 12.2. The predicted octanol–water partition coefficient (Wildman–Crippen LogP) is 4.59. The van der Waals surface area contributed by atoms with E-state index in [0.29, 0.717) is 17.1 Å². The molecule has 0 fully saturated rings. The lowest BCUT2D eigenvalue weighted by molar-refractivity contribution is 0.350. The molecule has 0 saturated carbocycles. The fourth-order valence-electron chi connectivity index (χ4n) is 2.45. The molecule has 0 aromatic heterocycles. The second-order valence-corrected chi connectivity index (χ2v) is 5.39. The Morgan fingerprint density at radius 1 is 1.00 bits per heavy atom. The lowest BCUT2D eigenvalue weighted by Crippen LogP contribution is -2.12. The van der Waals surface area contributed by atoms with Gasteiger partial charge in [-0.1, -0.05) is 45.4 Å². The zero-order valence-corrected chi connectivity index (χ0v) is 13.5. The van der Waals surface area contributed by atoms with Gasteiger partial charge in [-0.05, 0) is 12.5 Å². The Morgan fingerprint density at radius 3 is 2.19 bits per heavy atom. The second-order valence-electron chi connectivity index (χ2n) is 5.39. The molecule has 0 amide bonds. The minimum absolute atomic E-state index is 0.295. The van der Waals surface area contributed by atoms with Crippen molar-refractivity contribution in [2.45, 2.75) is 57.9 Å². The SMILES string of the molecule is CCCCCCCCC(N)c1cc(OC)c(OC)cc1F. The largest absolute Gasteiger partial charge is 0.493 e. The molecule has 0 spiro atoms. The Bertz CT molecular complexity index is 423. The molecule has 0 radical (unpaired) electrons. The van der Waals surface area contributed by atoms with E-state index in [-0.39, 0.29) is 11.9 Å². The van der Waals surface area contributed by atoms with E-state index in [1.54, 1.807) is 13.2 Å². The van der Waals surface area contributed by atoms with Crippen LogP contribution in [-0.2, 0) is 0 Å². The maximum atomic E-state index is 14.1. The first-order valence-electron chi connectivity index (χ1n) is 7.81. The van der Waals surface area contributed by atoms with Crippen LogP contribution in [0.4, 0.5) is 4.39 Å². The number of halogens is 1. The summed E-state index contributed by atoms with van der Waals surface area (Å²) in [5, 5.41) is 0. The van der Waals surface area contributed by atoms with Crippen LogP contribution < -0.4 is 15.2 Å². The third kappa shape index (κ3) is 5.54. The maximum Gasteiger partial charge on any atom is 0.163 e. The van der Waals surface area contributed by atoms with E-state index in [0.717, 1.165) is 19.3 Å². The van der Waals surface area contributed by atoms with E-state index in [9.17, 15) is 4.39 Å². The van der Waals surface area contributed by atoms with Gasteiger partial charge < -0.3 is 15.2 Å². The molecule has 1 aromatic rings. The van der Waals surface area contributed by atoms with Crippen molar-refractivity contribution in [1.82, 2.24) is 0 Å². The minimum Gasteiger partial charge on any atom is -0.493 e. The zero-order chi connectivity index (χ0) is 15.7. The Balaban J connectivity index is 2.55. The van der Waals surface area contributed by atoms with Crippen molar-refractivity contribution in [3.8, 4) is 11.5 Å². The van der Waals surface area contributed by atoms with E-state index in [2.05, 4.69) is 6.92 Å². The summed E-state index contributed by atoms with van der Waals surface area (Å²) in [4.78, 5) is 0. The van der Waals surface area contributed by atoms with Gasteiger partial charge in [0.2, 0.25) is 0 Å². The number of hydrogen-bond acceptors (Lipinski definition) is 3. The Labute approximate surface area is 127 Å². The number of methoxy groups -OCH3 is 2. The van der Waals surface area contributed by atoms with Crippen molar-refractivity contribution >= 4 is 0 Å². The molecule has 120 valence electrons. The van der Waals surface area contributed by atoms with Crippen LogP contribution in [0, 0.1) is 5.82 Å². The summed E-state index contributed by atoms with van der Waals surface area (Å²) in [7, 11) is 3.03. The molecule has 0 saturated heterocycles. The highest BCUT2D eigenvalue weighted by molar-refractivity contribution is 5.44. The molecule has 1 aromatic carbocycles. The van der Waals surface area contributed by atoms with Crippen molar-refractivity contribution in [3.05, 3.63) is 23.5 Å². The van der Waals surface area contributed by atoms with Crippen LogP contribution in [0.2, 0.25) is 0 Å². The fraction of sp³-hybridized carbons (Fsp3) is 0.647. The molecule has 3 nitrogen and oxygen atoms in total. The monoisotopic (exact) mass is 297 g/mol. The van der Waals surface area contributed by atoms with Crippen LogP contribution in [0.25, 0.3) is 0 Å². The third-order valence-electron chi connectivity index (χ3n) is 3.77. The molecule has 0 aliphatic rings. The van der Waals surface area contributed by atoms with Crippen molar-refractivity contribution in [2.24, 2.45) is 5.73 Å². The first-order chi connectivity index (χ1) is 10.1. The van der Waals surface area contributed by atoms with Crippen LogP contribution in [0.5, 0.6) is 11.5 Å². The summed E-state index contributed by atoms with van der Waals surface area (Å²) in [6.45, 7) is 2.20. The molecule has 4 heteroatoms. The molecule has 1 rings (SSSR count). The highest BCUT2D eigenvalue weighted by Crippen LogP contribution is 2.33. The second kappa shape index (κ2) is 9.61. The van der Waals surface area contributed by atoms with Crippen LogP contribution >= 0.6 is 0 Å². The lowest BCUT2D eigenvalue weighted by atomic mass is 9.99. The molecule has 2 N–H and O–H groups in total. The first kappa shape index (κ1) is 17.8. The van der Waals surface area contributed by atoms with Gasteiger partial charge in [0.25, 0.3) is 0 Å². The van der Waals surface area contributed by atoms with Gasteiger partial charge in [-0.25, -0.2) is 4.39 Å². The van der Waals surface area contributed by atoms with Gasteiger partial charge in [0.05, 0.1) is 14.2 Å². The number of benzene rings is 1. The first-order valence-corrected chi connectivity index (χ1v) is 7.81. The molecule has 1 atom stereocenters. The van der Waals surface area contributed by atoms with Gasteiger partial charge in [-0.2, -0.15) is 0 Å². The summed E-state index contributed by atoms with van der Waals surface area (Å²) in [5.41, 5.74) is 6.62. The van der Waals surface area contributed by atoms with Crippen LogP contribution in [0.15, 0.2) is 12.1 Å². The molecule has 1 unspecified atom stereocenters. The van der Waals surface area contributed by atoms with E-state index >= 15 is 0 Å². The average molecular weight is 297 g/mol. The van der Waals surface area contributed by atoms with Gasteiger partial charge in [0.1, 0.15) is 5.82 Å². The number of rotatable bonds is 10. The number of hydrogen-bond donors (Lipinski definition) is 1. The molecule has 0 aliphatic carbocycles. The van der Waals surface area contributed by atoms with E-state index in [4.69, 9.17) is 15.2 Å². The Hall–Kier alpha value is -1.29. The molecular weight excluding hydrogens is 269 g/mol. The molecule has 0 bridgehead atoms. The Morgan fingerprint density at radius 2 is 1.57 bits per heavy atom. The summed E-state index contributed by atoms with van der Waals surface area (Å²) in [6.07, 6.45) is 8.01. The zero-order valence-electron chi connectivity index (χ0n) is 13.5. The number of ether oxygens (including phenoxy) is 2. The standard InChI is InChI=1S/C17H28FNO2/c1-4-5-6-7-8-9-10-15(19)13-11-16(20-2)17(21-3)12-14(13)18/h11-12,15H,4-10,19H2,1-3H3. The third-order valence-corrected chi connectivity index (χ3v) is 3.77. The summed E-state index contributed by atoms with van der Waals surface area (Å²) in [6, 6.07) is 2.70. The highest BCUT2D eigenvalue weighted by Gasteiger charge is 2.16. The molecule has 0 aliphatic heterocycles. The summed E-state index contributed by atoms with van der Waals surface area (Å²) < 4.78 is 24.4. The highest BCUT2D eigenvalue weighted by atomic mass is 19.1. The molecule has 21 heavy (non-hydrogen) atoms.